The van der Waals surface area contributed by atoms with Gasteiger partial charge in [0, 0.05) is 18.7 Å². The lowest BCUT2D eigenvalue weighted by Crippen LogP contribution is -2.03. The van der Waals surface area contributed by atoms with Crippen LogP contribution in [0.15, 0.2) is 23.6 Å². The normalized spacial score (nSPS) is 10.5. The van der Waals surface area contributed by atoms with Crippen LogP contribution in [0.3, 0.4) is 0 Å². The summed E-state index contributed by atoms with van der Waals surface area (Å²) < 4.78 is 5.77. The molecule has 1 aromatic heterocycles. The number of ether oxygens (including phenoxy) is 1. The van der Waals surface area contributed by atoms with Crippen molar-refractivity contribution >= 4 is 17.1 Å². The van der Waals surface area contributed by atoms with Crippen molar-refractivity contribution in [3.63, 3.8) is 0 Å². The van der Waals surface area contributed by atoms with Gasteiger partial charge in [0.1, 0.15) is 11.4 Å². The summed E-state index contributed by atoms with van der Waals surface area (Å²) in [5.41, 5.74) is 2.95. The number of aromatic nitrogens is 1. The van der Waals surface area contributed by atoms with Crippen molar-refractivity contribution in [1.29, 1.82) is 0 Å². The number of hydrogen-bond donors (Lipinski definition) is 0. The van der Waals surface area contributed by atoms with Crippen molar-refractivity contribution in [2.75, 3.05) is 6.61 Å². The van der Waals surface area contributed by atoms with E-state index in [0.717, 1.165) is 17.2 Å². The molecule has 3 nitrogen and oxygen atoms in total. The minimum absolute atomic E-state index is 0.0120. The van der Waals surface area contributed by atoms with Crippen LogP contribution in [0.1, 0.15) is 33.5 Å². The van der Waals surface area contributed by atoms with Gasteiger partial charge in [-0.2, -0.15) is 0 Å². The molecule has 0 aliphatic carbocycles. The Morgan fingerprint density at radius 2 is 2.16 bits per heavy atom. The molecule has 0 N–H and O–H groups in total. The summed E-state index contributed by atoms with van der Waals surface area (Å²) in [7, 11) is 0. The first-order valence-corrected chi connectivity index (χ1v) is 7.10. The van der Waals surface area contributed by atoms with Gasteiger partial charge in [0.15, 0.2) is 5.78 Å². The Kier molecular flexibility index (Phi) is 4.32. The van der Waals surface area contributed by atoms with E-state index in [2.05, 4.69) is 24.9 Å². The van der Waals surface area contributed by atoms with Crippen molar-refractivity contribution < 1.29 is 9.53 Å². The van der Waals surface area contributed by atoms with Gasteiger partial charge >= 0.3 is 0 Å². The van der Waals surface area contributed by atoms with Crippen molar-refractivity contribution in [2.24, 2.45) is 0 Å². The van der Waals surface area contributed by atoms with Crippen LogP contribution in [-0.4, -0.2) is 17.4 Å². The molecule has 0 bridgehead atoms. The van der Waals surface area contributed by atoms with Crippen molar-refractivity contribution in [3.8, 4) is 5.75 Å². The van der Waals surface area contributed by atoms with Crippen LogP contribution in [0.5, 0.6) is 5.75 Å². The first kappa shape index (κ1) is 13.7. The SMILES string of the molecule is CC(=O)c1csc(CCOc2cccc(C)c2C)n1. The molecule has 19 heavy (non-hydrogen) atoms. The summed E-state index contributed by atoms with van der Waals surface area (Å²) in [6, 6.07) is 6.04. The second-order valence-electron chi connectivity index (χ2n) is 4.48. The molecule has 4 heteroatoms. The molecule has 0 spiro atoms. The molecule has 0 saturated carbocycles. The Morgan fingerprint density at radius 3 is 2.84 bits per heavy atom. The monoisotopic (exact) mass is 275 g/mol. The van der Waals surface area contributed by atoms with E-state index in [0.29, 0.717) is 12.3 Å². The number of rotatable bonds is 5. The highest BCUT2D eigenvalue weighted by molar-refractivity contribution is 7.09. The minimum Gasteiger partial charge on any atom is -0.493 e. The third-order valence-electron chi connectivity index (χ3n) is 3.04. The molecule has 0 atom stereocenters. The number of carbonyl (C=O) groups is 1. The number of benzene rings is 1. The van der Waals surface area contributed by atoms with Crippen molar-refractivity contribution in [3.05, 3.63) is 45.4 Å². The highest BCUT2D eigenvalue weighted by Gasteiger charge is 2.07. The van der Waals surface area contributed by atoms with E-state index >= 15 is 0 Å². The average Bonchev–Trinajstić information content (AvgIpc) is 2.83. The Hall–Kier alpha value is -1.68. The lowest BCUT2D eigenvalue weighted by Gasteiger charge is -2.09. The Morgan fingerprint density at radius 1 is 1.37 bits per heavy atom. The predicted octanol–water partition coefficient (Wildman–Crippen LogP) is 3.58. The quantitative estimate of drug-likeness (QED) is 0.783. The zero-order valence-electron chi connectivity index (χ0n) is 11.4. The van der Waals surface area contributed by atoms with Gasteiger partial charge in [-0.15, -0.1) is 11.3 Å². The van der Waals surface area contributed by atoms with Crippen LogP contribution < -0.4 is 4.74 Å². The molecule has 0 aliphatic heterocycles. The number of nitrogens with zero attached hydrogens (tertiary/aromatic N) is 1. The first-order valence-electron chi connectivity index (χ1n) is 6.22. The molecular weight excluding hydrogens is 258 g/mol. The lowest BCUT2D eigenvalue weighted by molar-refractivity contribution is 0.101. The number of aryl methyl sites for hydroxylation is 1. The minimum atomic E-state index is 0.0120. The summed E-state index contributed by atoms with van der Waals surface area (Å²) >= 11 is 1.51. The standard InChI is InChI=1S/C15H17NO2S/c1-10-5-4-6-14(11(10)2)18-8-7-15-16-13(9-19-15)12(3)17/h4-6,9H,7-8H2,1-3H3. The van der Waals surface area contributed by atoms with E-state index in [1.807, 2.05) is 12.1 Å². The number of ketones is 1. The van der Waals surface area contributed by atoms with Gasteiger partial charge in [-0.25, -0.2) is 4.98 Å². The number of Topliss-reactive ketones (excluding diaryl/α,β-unsaturated/α-hetero) is 1. The molecule has 2 rings (SSSR count). The van der Waals surface area contributed by atoms with Crippen LogP contribution in [0.4, 0.5) is 0 Å². The maximum absolute atomic E-state index is 11.1. The number of thiazole rings is 1. The molecule has 0 unspecified atom stereocenters. The molecule has 0 saturated heterocycles. The fourth-order valence-corrected chi connectivity index (χ4v) is 2.53. The van der Waals surface area contributed by atoms with Crippen LogP contribution in [0, 0.1) is 13.8 Å². The largest absolute Gasteiger partial charge is 0.493 e. The van der Waals surface area contributed by atoms with E-state index in [1.54, 1.807) is 5.38 Å². The van der Waals surface area contributed by atoms with Gasteiger partial charge in [-0.1, -0.05) is 12.1 Å². The molecule has 1 aromatic carbocycles. The first-order chi connectivity index (χ1) is 9.08. The van der Waals surface area contributed by atoms with Gasteiger partial charge in [-0.3, -0.25) is 4.79 Å². The molecular formula is C15H17NO2S. The van der Waals surface area contributed by atoms with Crippen LogP contribution in [0.25, 0.3) is 0 Å². The topological polar surface area (TPSA) is 39.2 Å². The lowest BCUT2D eigenvalue weighted by atomic mass is 10.1. The zero-order valence-corrected chi connectivity index (χ0v) is 12.2. The van der Waals surface area contributed by atoms with E-state index < -0.39 is 0 Å². The molecule has 1 heterocycles. The second-order valence-corrected chi connectivity index (χ2v) is 5.42. The summed E-state index contributed by atoms with van der Waals surface area (Å²) in [5, 5.41) is 2.74. The average molecular weight is 275 g/mol. The Labute approximate surface area is 117 Å². The molecule has 0 fully saturated rings. The smallest absolute Gasteiger partial charge is 0.178 e. The van der Waals surface area contributed by atoms with E-state index in [4.69, 9.17) is 4.74 Å². The highest BCUT2D eigenvalue weighted by atomic mass is 32.1. The molecule has 0 radical (unpaired) electrons. The summed E-state index contributed by atoms with van der Waals surface area (Å²) in [5.74, 6) is 0.932. The van der Waals surface area contributed by atoms with E-state index in [9.17, 15) is 4.79 Å². The Bertz CT molecular complexity index is 590. The maximum atomic E-state index is 11.1. The van der Waals surface area contributed by atoms with Crippen LogP contribution >= 0.6 is 11.3 Å². The van der Waals surface area contributed by atoms with Crippen LogP contribution in [0.2, 0.25) is 0 Å². The van der Waals surface area contributed by atoms with Gasteiger partial charge in [0.25, 0.3) is 0 Å². The third-order valence-corrected chi connectivity index (χ3v) is 3.95. The number of carbonyl (C=O) groups excluding carboxylic acids is 1. The fourth-order valence-electron chi connectivity index (χ4n) is 1.72. The zero-order chi connectivity index (χ0) is 13.8. The number of hydrogen-bond acceptors (Lipinski definition) is 4. The molecule has 0 amide bonds. The van der Waals surface area contributed by atoms with Gasteiger partial charge < -0.3 is 4.74 Å². The summed E-state index contributed by atoms with van der Waals surface area (Å²) in [4.78, 5) is 15.4. The highest BCUT2D eigenvalue weighted by Crippen LogP contribution is 2.21. The second kappa shape index (κ2) is 5.97. The maximum Gasteiger partial charge on any atom is 0.178 e. The molecule has 0 aliphatic rings. The van der Waals surface area contributed by atoms with Crippen LogP contribution in [-0.2, 0) is 6.42 Å². The summed E-state index contributed by atoms with van der Waals surface area (Å²) in [6.07, 6.45) is 0.728. The molecule has 100 valence electrons. The van der Waals surface area contributed by atoms with Gasteiger partial charge in [0.05, 0.1) is 11.6 Å². The summed E-state index contributed by atoms with van der Waals surface area (Å²) in [6.45, 7) is 6.24. The predicted molar refractivity (Wildman–Crippen MR) is 77.2 cm³/mol. The van der Waals surface area contributed by atoms with Gasteiger partial charge in [0.2, 0.25) is 0 Å². The van der Waals surface area contributed by atoms with Crippen molar-refractivity contribution in [1.82, 2.24) is 4.98 Å². The van der Waals surface area contributed by atoms with E-state index in [1.165, 1.54) is 29.4 Å². The fraction of sp³-hybridized carbons (Fsp3) is 0.333. The Balaban J connectivity index is 1.92. The van der Waals surface area contributed by atoms with Crippen molar-refractivity contribution in [2.45, 2.75) is 27.2 Å². The third kappa shape index (κ3) is 3.41. The van der Waals surface area contributed by atoms with E-state index in [-0.39, 0.29) is 5.78 Å². The van der Waals surface area contributed by atoms with Gasteiger partial charge in [-0.05, 0) is 31.0 Å². The molecule has 2 aromatic rings.